The third kappa shape index (κ3) is 2.60. The molecule has 0 aliphatic carbocycles. The SMILES string of the molecule is CCC(Nc1ccccc1)(C(N)=O)c1ccccc1. The van der Waals surface area contributed by atoms with Gasteiger partial charge in [-0.15, -0.1) is 0 Å². The highest BCUT2D eigenvalue weighted by Gasteiger charge is 2.36. The fraction of sp³-hybridized carbons (Fsp3) is 0.188. The van der Waals surface area contributed by atoms with E-state index in [1.54, 1.807) is 0 Å². The first-order valence-electron chi connectivity index (χ1n) is 6.37. The summed E-state index contributed by atoms with van der Waals surface area (Å²) < 4.78 is 0. The van der Waals surface area contributed by atoms with Crippen LogP contribution in [0, 0.1) is 0 Å². The van der Waals surface area contributed by atoms with E-state index < -0.39 is 5.54 Å². The molecule has 1 atom stereocenters. The zero-order valence-corrected chi connectivity index (χ0v) is 11.0. The van der Waals surface area contributed by atoms with Crippen LogP contribution in [0.25, 0.3) is 0 Å². The van der Waals surface area contributed by atoms with E-state index in [0.717, 1.165) is 11.3 Å². The standard InChI is InChI=1S/C16H18N2O/c1-2-16(15(17)19,13-9-5-3-6-10-13)18-14-11-7-4-8-12-14/h3-12,18H,2H2,1H3,(H2,17,19). The van der Waals surface area contributed by atoms with Crippen LogP contribution < -0.4 is 11.1 Å². The first-order valence-corrected chi connectivity index (χ1v) is 6.37. The lowest BCUT2D eigenvalue weighted by Crippen LogP contribution is -2.47. The number of hydrogen-bond donors (Lipinski definition) is 2. The molecule has 3 N–H and O–H groups in total. The van der Waals surface area contributed by atoms with Gasteiger partial charge in [-0.05, 0) is 24.1 Å². The van der Waals surface area contributed by atoms with Gasteiger partial charge in [-0.25, -0.2) is 0 Å². The second-order valence-corrected chi connectivity index (χ2v) is 4.48. The van der Waals surface area contributed by atoms with Gasteiger partial charge in [0.25, 0.3) is 0 Å². The number of primary amides is 1. The molecule has 0 spiro atoms. The quantitative estimate of drug-likeness (QED) is 0.862. The minimum Gasteiger partial charge on any atom is -0.368 e. The summed E-state index contributed by atoms with van der Waals surface area (Å²) in [4.78, 5) is 12.0. The summed E-state index contributed by atoms with van der Waals surface area (Å²) in [5.74, 6) is -0.370. The van der Waals surface area contributed by atoms with Crippen LogP contribution in [0.3, 0.4) is 0 Å². The van der Waals surface area contributed by atoms with E-state index in [-0.39, 0.29) is 5.91 Å². The van der Waals surface area contributed by atoms with Crippen molar-refractivity contribution < 1.29 is 4.79 Å². The van der Waals surface area contributed by atoms with Gasteiger partial charge in [0.1, 0.15) is 5.54 Å². The van der Waals surface area contributed by atoms with Crippen LogP contribution in [-0.2, 0) is 10.3 Å². The molecule has 1 amide bonds. The van der Waals surface area contributed by atoms with Crippen LogP contribution in [0.5, 0.6) is 0 Å². The third-order valence-corrected chi connectivity index (χ3v) is 3.35. The third-order valence-electron chi connectivity index (χ3n) is 3.35. The largest absolute Gasteiger partial charge is 0.368 e. The van der Waals surface area contributed by atoms with Crippen molar-refractivity contribution in [3.63, 3.8) is 0 Å². The van der Waals surface area contributed by atoms with Crippen LogP contribution in [0.1, 0.15) is 18.9 Å². The van der Waals surface area contributed by atoms with E-state index in [9.17, 15) is 4.79 Å². The average molecular weight is 254 g/mol. The van der Waals surface area contributed by atoms with Crippen molar-refractivity contribution in [3.05, 3.63) is 66.2 Å². The Morgan fingerprint density at radius 3 is 2.05 bits per heavy atom. The molecule has 0 saturated carbocycles. The summed E-state index contributed by atoms with van der Waals surface area (Å²) >= 11 is 0. The van der Waals surface area contributed by atoms with Crippen LogP contribution in [0.2, 0.25) is 0 Å². The van der Waals surface area contributed by atoms with Crippen molar-refractivity contribution in [2.24, 2.45) is 5.73 Å². The minimum atomic E-state index is -0.872. The second-order valence-electron chi connectivity index (χ2n) is 4.48. The van der Waals surface area contributed by atoms with Crippen molar-refractivity contribution in [1.82, 2.24) is 0 Å². The molecule has 3 nitrogen and oxygen atoms in total. The lowest BCUT2D eigenvalue weighted by Gasteiger charge is -2.32. The first kappa shape index (κ1) is 13.1. The van der Waals surface area contributed by atoms with Gasteiger partial charge in [0.2, 0.25) is 5.91 Å². The Bertz CT molecular complexity index is 539. The van der Waals surface area contributed by atoms with Gasteiger partial charge in [-0.1, -0.05) is 55.5 Å². The number of amides is 1. The van der Waals surface area contributed by atoms with Gasteiger partial charge in [0.05, 0.1) is 0 Å². The number of hydrogen-bond acceptors (Lipinski definition) is 2. The van der Waals surface area contributed by atoms with E-state index >= 15 is 0 Å². The fourth-order valence-corrected chi connectivity index (χ4v) is 2.23. The summed E-state index contributed by atoms with van der Waals surface area (Å²) in [6.07, 6.45) is 0.585. The van der Waals surface area contributed by atoms with Gasteiger partial charge in [0, 0.05) is 5.69 Å². The van der Waals surface area contributed by atoms with Gasteiger partial charge in [0.15, 0.2) is 0 Å². The average Bonchev–Trinajstić information content (AvgIpc) is 2.46. The zero-order chi connectivity index (χ0) is 13.7. The number of benzene rings is 2. The number of carbonyl (C=O) groups is 1. The second kappa shape index (κ2) is 5.57. The Balaban J connectivity index is 2.44. The molecule has 19 heavy (non-hydrogen) atoms. The Hall–Kier alpha value is -2.29. The summed E-state index contributed by atoms with van der Waals surface area (Å²) in [5.41, 5.74) is 6.55. The predicted molar refractivity (Wildman–Crippen MR) is 77.7 cm³/mol. The molecule has 3 heteroatoms. The molecule has 0 radical (unpaired) electrons. The molecule has 0 saturated heterocycles. The maximum Gasteiger partial charge on any atom is 0.247 e. The smallest absolute Gasteiger partial charge is 0.247 e. The number of rotatable bonds is 5. The van der Waals surface area contributed by atoms with Crippen molar-refractivity contribution >= 4 is 11.6 Å². The van der Waals surface area contributed by atoms with Gasteiger partial charge >= 0.3 is 0 Å². The number of nitrogens with two attached hydrogens (primary N) is 1. The number of carbonyl (C=O) groups excluding carboxylic acids is 1. The summed E-state index contributed by atoms with van der Waals surface area (Å²) in [6.45, 7) is 1.95. The molecule has 2 rings (SSSR count). The summed E-state index contributed by atoms with van der Waals surface area (Å²) in [5, 5.41) is 3.28. The molecule has 98 valence electrons. The monoisotopic (exact) mass is 254 g/mol. The molecule has 0 aromatic heterocycles. The van der Waals surface area contributed by atoms with Gasteiger partial charge in [-0.3, -0.25) is 4.79 Å². The Labute approximate surface area is 113 Å². The van der Waals surface area contributed by atoms with E-state index in [0.29, 0.717) is 6.42 Å². The van der Waals surface area contributed by atoms with Gasteiger partial charge < -0.3 is 11.1 Å². The molecule has 0 fully saturated rings. The Kier molecular flexibility index (Phi) is 3.85. The van der Waals surface area contributed by atoms with E-state index in [1.807, 2.05) is 67.6 Å². The maximum atomic E-state index is 12.0. The highest BCUT2D eigenvalue weighted by atomic mass is 16.1. The Morgan fingerprint density at radius 2 is 1.58 bits per heavy atom. The van der Waals surface area contributed by atoms with Crippen LogP contribution >= 0.6 is 0 Å². The maximum absolute atomic E-state index is 12.0. The molecule has 0 aliphatic rings. The molecule has 2 aromatic rings. The molecule has 0 aliphatic heterocycles. The summed E-state index contributed by atoms with van der Waals surface area (Å²) in [7, 11) is 0. The number of para-hydroxylation sites is 1. The fourth-order valence-electron chi connectivity index (χ4n) is 2.23. The van der Waals surface area contributed by atoms with Crippen LogP contribution in [0.15, 0.2) is 60.7 Å². The van der Waals surface area contributed by atoms with E-state index in [1.165, 1.54) is 0 Å². The van der Waals surface area contributed by atoms with Crippen molar-refractivity contribution in [2.75, 3.05) is 5.32 Å². The number of nitrogens with one attached hydrogen (secondary N) is 1. The van der Waals surface area contributed by atoms with Crippen molar-refractivity contribution in [2.45, 2.75) is 18.9 Å². The van der Waals surface area contributed by atoms with Gasteiger partial charge in [-0.2, -0.15) is 0 Å². The normalized spacial score (nSPS) is 13.5. The molecular weight excluding hydrogens is 236 g/mol. The highest BCUT2D eigenvalue weighted by Crippen LogP contribution is 2.29. The molecule has 2 aromatic carbocycles. The highest BCUT2D eigenvalue weighted by molar-refractivity contribution is 5.89. The van der Waals surface area contributed by atoms with E-state index in [2.05, 4.69) is 5.32 Å². The number of anilines is 1. The van der Waals surface area contributed by atoms with Crippen LogP contribution in [-0.4, -0.2) is 5.91 Å². The van der Waals surface area contributed by atoms with Crippen molar-refractivity contribution in [3.8, 4) is 0 Å². The first-order chi connectivity index (χ1) is 9.19. The lowest BCUT2D eigenvalue weighted by atomic mass is 9.86. The molecular formula is C16H18N2O. The van der Waals surface area contributed by atoms with Crippen molar-refractivity contribution in [1.29, 1.82) is 0 Å². The minimum absolute atomic E-state index is 0.370. The summed E-state index contributed by atoms with van der Waals surface area (Å²) in [6, 6.07) is 19.2. The van der Waals surface area contributed by atoms with E-state index in [4.69, 9.17) is 5.73 Å². The zero-order valence-electron chi connectivity index (χ0n) is 11.0. The molecule has 1 unspecified atom stereocenters. The Morgan fingerprint density at radius 1 is 1.05 bits per heavy atom. The molecule has 0 heterocycles. The predicted octanol–water partition coefficient (Wildman–Crippen LogP) is 2.89. The topological polar surface area (TPSA) is 55.1 Å². The lowest BCUT2D eigenvalue weighted by molar-refractivity contribution is -0.122. The molecule has 0 bridgehead atoms. The van der Waals surface area contributed by atoms with Crippen LogP contribution in [0.4, 0.5) is 5.69 Å².